The lowest BCUT2D eigenvalue weighted by Crippen LogP contribution is -2.51. The molecule has 0 aromatic rings. The van der Waals surface area contributed by atoms with Crippen molar-refractivity contribution < 1.29 is 10.2 Å². The second kappa shape index (κ2) is 4.58. The molecule has 2 heteroatoms. The molecule has 0 amide bonds. The van der Waals surface area contributed by atoms with E-state index in [9.17, 15) is 10.2 Å². The molecule has 0 bridgehead atoms. The average molecular weight is 290 g/mol. The van der Waals surface area contributed by atoms with E-state index in [0.29, 0.717) is 11.3 Å². The van der Waals surface area contributed by atoms with Gasteiger partial charge < -0.3 is 10.2 Å². The standard InChI is InChI=1S/C19H30O2/c1-18-9-7-13(20)11-12(18)3-4-14-15-5-6-17(21)19(15,2)10-8-16(14)18/h3,13-17,20-21H,4-11H2,1-2H3/t13-,14-,15+,16-,17-,18-,19+/m0/s1. The first-order valence-corrected chi connectivity index (χ1v) is 9.01. The van der Waals surface area contributed by atoms with Crippen molar-refractivity contribution in [3.05, 3.63) is 11.6 Å². The molecule has 4 aliphatic carbocycles. The molecule has 0 aliphatic heterocycles. The number of aliphatic hydroxyl groups excluding tert-OH is 2. The summed E-state index contributed by atoms with van der Waals surface area (Å²) in [6.07, 6.45) is 11.2. The lowest BCUT2D eigenvalue weighted by Gasteiger charge is -2.57. The maximum atomic E-state index is 10.5. The van der Waals surface area contributed by atoms with Crippen molar-refractivity contribution in [3.8, 4) is 0 Å². The Labute approximate surface area is 128 Å². The summed E-state index contributed by atoms with van der Waals surface area (Å²) in [6, 6.07) is 0. The van der Waals surface area contributed by atoms with Gasteiger partial charge in [0.05, 0.1) is 12.2 Å². The van der Waals surface area contributed by atoms with Crippen molar-refractivity contribution in [2.24, 2.45) is 28.6 Å². The van der Waals surface area contributed by atoms with E-state index < -0.39 is 0 Å². The van der Waals surface area contributed by atoms with Crippen LogP contribution in [0.2, 0.25) is 0 Å². The first-order valence-electron chi connectivity index (χ1n) is 9.01. The summed E-state index contributed by atoms with van der Waals surface area (Å²) in [7, 11) is 0. The van der Waals surface area contributed by atoms with Crippen LogP contribution in [0.4, 0.5) is 0 Å². The zero-order chi connectivity index (χ0) is 14.8. The van der Waals surface area contributed by atoms with Crippen molar-refractivity contribution in [1.82, 2.24) is 0 Å². The largest absolute Gasteiger partial charge is 0.393 e. The fourth-order valence-electron chi connectivity index (χ4n) is 6.61. The third-order valence-electron chi connectivity index (χ3n) is 8.03. The molecule has 21 heavy (non-hydrogen) atoms. The minimum atomic E-state index is -0.108. The van der Waals surface area contributed by atoms with Gasteiger partial charge in [-0.25, -0.2) is 0 Å². The SMILES string of the molecule is C[C@@]12CC[C@H]3[C@@H](CC=C4C[C@@H](O)CC[C@@]43C)[C@H]1CC[C@@H]2O. The second-order valence-corrected chi connectivity index (χ2v) is 8.79. The minimum absolute atomic E-state index is 0.0742. The summed E-state index contributed by atoms with van der Waals surface area (Å²) in [5, 5.41) is 20.5. The molecule has 2 N–H and O–H groups in total. The van der Waals surface area contributed by atoms with Crippen LogP contribution in [0.1, 0.15) is 65.2 Å². The Morgan fingerprint density at radius 2 is 1.81 bits per heavy atom. The van der Waals surface area contributed by atoms with Gasteiger partial charge in [0.2, 0.25) is 0 Å². The highest BCUT2D eigenvalue weighted by atomic mass is 16.3. The first-order chi connectivity index (χ1) is 9.95. The minimum Gasteiger partial charge on any atom is -0.393 e. The summed E-state index contributed by atoms with van der Waals surface area (Å²) in [4.78, 5) is 0. The predicted molar refractivity (Wildman–Crippen MR) is 83.7 cm³/mol. The third-order valence-corrected chi connectivity index (χ3v) is 8.03. The highest BCUT2D eigenvalue weighted by Crippen LogP contribution is 2.64. The number of fused-ring (bicyclic) bond motifs is 5. The fraction of sp³-hybridized carbons (Fsp3) is 0.895. The van der Waals surface area contributed by atoms with Crippen LogP contribution in [0.5, 0.6) is 0 Å². The first kappa shape index (κ1) is 14.3. The number of hydrogen-bond donors (Lipinski definition) is 2. The van der Waals surface area contributed by atoms with E-state index in [0.717, 1.165) is 37.5 Å². The van der Waals surface area contributed by atoms with Gasteiger partial charge in [-0.1, -0.05) is 25.5 Å². The number of aliphatic hydroxyl groups is 2. The molecular formula is C19H30O2. The summed E-state index contributed by atoms with van der Waals surface area (Å²) >= 11 is 0. The van der Waals surface area contributed by atoms with Gasteiger partial charge in [0.1, 0.15) is 0 Å². The molecule has 0 spiro atoms. The van der Waals surface area contributed by atoms with Gasteiger partial charge in [0.15, 0.2) is 0 Å². The molecule has 7 atom stereocenters. The highest BCUT2D eigenvalue weighted by molar-refractivity contribution is 5.25. The van der Waals surface area contributed by atoms with E-state index in [1.54, 1.807) is 5.57 Å². The summed E-state index contributed by atoms with van der Waals surface area (Å²) < 4.78 is 0. The van der Waals surface area contributed by atoms with Crippen LogP contribution in [-0.2, 0) is 0 Å². The molecule has 0 aromatic carbocycles. The molecule has 0 radical (unpaired) electrons. The number of hydrogen-bond acceptors (Lipinski definition) is 2. The quantitative estimate of drug-likeness (QED) is 0.668. The predicted octanol–water partition coefficient (Wildman–Crippen LogP) is 3.67. The molecule has 3 fully saturated rings. The van der Waals surface area contributed by atoms with Crippen molar-refractivity contribution in [2.45, 2.75) is 77.4 Å². The number of rotatable bonds is 0. The van der Waals surface area contributed by atoms with Gasteiger partial charge >= 0.3 is 0 Å². The van der Waals surface area contributed by atoms with E-state index in [4.69, 9.17) is 0 Å². The molecule has 3 saturated carbocycles. The molecule has 0 saturated heterocycles. The van der Waals surface area contributed by atoms with Crippen LogP contribution in [0.15, 0.2) is 11.6 Å². The zero-order valence-electron chi connectivity index (χ0n) is 13.5. The Kier molecular flexibility index (Phi) is 3.11. The highest BCUT2D eigenvalue weighted by Gasteiger charge is 2.58. The Morgan fingerprint density at radius 3 is 2.62 bits per heavy atom. The van der Waals surface area contributed by atoms with Gasteiger partial charge in [-0.2, -0.15) is 0 Å². The summed E-state index contributed by atoms with van der Waals surface area (Å²) in [5.74, 6) is 2.27. The lowest BCUT2D eigenvalue weighted by molar-refractivity contribution is -0.0711. The van der Waals surface area contributed by atoms with Crippen LogP contribution in [-0.4, -0.2) is 22.4 Å². The van der Waals surface area contributed by atoms with Crippen LogP contribution >= 0.6 is 0 Å². The average Bonchev–Trinajstić information content (AvgIpc) is 2.76. The van der Waals surface area contributed by atoms with Gasteiger partial charge in [-0.15, -0.1) is 0 Å². The van der Waals surface area contributed by atoms with Crippen molar-refractivity contribution in [3.63, 3.8) is 0 Å². The molecule has 4 aliphatic rings. The molecule has 4 rings (SSSR count). The van der Waals surface area contributed by atoms with Crippen LogP contribution < -0.4 is 0 Å². The van der Waals surface area contributed by atoms with E-state index >= 15 is 0 Å². The molecular weight excluding hydrogens is 260 g/mol. The number of allylic oxidation sites excluding steroid dienone is 1. The third kappa shape index (κ3) is 1.84. The normalized spacial score (nSPS) is 56.2. The maximum absolute atomic E-state index is 10.5. The fourth-order valence-corrected chi connectivity index (χ4v) is 6.61. The lowest BCUT2D eigenvalue weighted by atomic mass is 9.48. The van der Waals surface area contributed by atoms with Crippen molar-refractivity contribution in [2.75, 3.05) is 0 Å². The van der Waals surface area contributed by atoms with E-state index in [2.05, 4.69) is 19.9 Å². The van der Waals surface area contributed by atoms with Crippen molar-refractivity contribution >= 4 is 0 Å². The van der Waals surface area contributed by atoms with Crippen molar-refractivity contribution in [1.29, 1.82) is 0 Å². The molecule has 0 unspecified atom stereocenters. The summed E-state index contributed by atoms with van der Waals surface area (Å²) in [6.45, 7) is 4.81. The Morgan fingerprint density at radius 1 is 1.00 bits per heavy atom. The monoisotopic (exact) mass is 290 g/mol. The smallest absolute Gasteiger partial charge is 0.0596 e. The summed E-state index contributed by atoms with van der Waals surface area (Å²) in [5.41, 5.74) is 2.05. The maximum Gasteiger partial charge on any atom is 0.0596 e. The van der Waals surface area contributed by atoms with Gasteiger partial charge in [-0.05, 0) is 80.0 Å². The molecule has 118 valence electrons. The Hall–Kier alpha value is -0.340. The van der Waals surface area contributed by atoms with Crippen LogP contribution in [0.25, 0.3) is 0 Å². The van der Waals surface area contributed by atoms with Gasteiger partial charge in [0.25, 0.3) is 0 Å². The topological polar surface area (TPSA) is 40.5 Å². The molecule has 0 aromatic heterocycles. The van der Waals surface area contributed by atoms with E-state index in [1.165, 1.54) is 25.7 Å². The van der Waals surface area contributed by atoms with Gasteiger partial charge in [0, 0.05) is 0 Å². The Balaban J connectivity index is 1.68. The second-order valence-electron chi connectivity index (χ2n) is 8.79. The van der Waals surface area contributed by atoms with Crippen LogP contribution in [0.3, 0.4) is 0 Å². The van der Waals surface area contributed by atoms with Crippen LogP contribution in [0, 0.1) is 28.6 Å². The molecule has 0 heterocycles. The zero-order valence-corrected chi connectivity index (χ0v) is 13.5. The van der Waals surface area contributed by atoms with Gasteiger partial charge in [-0.3, -0.25) is 0 Å². The van der Waals surface area contributed by atoms with E-state index in [-0.39, 0.29) is 17.6 Å². The van der Waals surface area contributed by atoms with E-state index in [1.807, 2.05) is 0 Å². The molecule has 2 nitrogen and oxygen atoms in total. The Bertz CT molecular complexity index is 470.